The summed E-state index contributed by atoms with van der Waals surface area (Å²) in [4.78, 5) is 0. The van der Waals surface area contributed by atoms with E-state index < -0.39 is 30.1 Å². The van der Waals surface area contributed by atoms with E-state index in [1.54, 1.807) is 0 Å². The maximum absolute atomic E-state index is 12.4. The van der Waals surface area contributed by atoms with Gasteiger partial charge < -0.3 is 0 Å². The predicted molar refractivity (Wildman–Crippen MR) is 68.4 cm³/mol. The minimum absolute atomic E-state index is 0.0271. The van der Waals surface area contributed by atoms with Crippen molar-refractivity contribution in [3.8, 4) is 6.07 Å². The summed E-state index contributed by atoms with van der Waals surface area (Å²) in [5, 5.41) is 8.72. The summed E-state index contributed by atoms with van der Waals surface area (Å²) in [6.07, 6.45) is 3.54. The highest BCUT2D eigenvalue weighted by atomic mass is 32.2. The van der Waals surface area contributed by atoms with Crippen molar-refractivity contribution in [2.24, 2.45) is 5.41 Å². The first-order valence-corrected chi connectivity index (χ1v) is 9.54. The molecular weight excluding hydrogens is 290 g/mol. The van der Waals surface area contributed by atoms with Gasteiger partial charge in [0.05, 0.1) is 29.4 Å². The molecule has 0 bridgehead atoms. The summed E-state index contributed by atoms with van der Waals surface area (Å²) in [7, 11) is -7.06. The topological polar surface area (TPSA) is 101 Å². The van der Waals surface area contributed by atoms with Gasteiger partial charge in [-0.3, -0.25) is 4.18 Å². The van der Waals surface area contributed by atoms with Crippen LogP contribution in [-0.2, 0) is 24.1 Å². The lowest BCUT2D eigenvalue weighted by Gasteiger charge is -2.19. The van der Waals surface area contributed by atoms with E-state index in [0.29, 0.717) is 12.8 Å². The molecule has 0 N–H and O–H groups in total. The Morgan fingerprint density at radius 1 is 1.16 bits per heavy atom. The number of hydrogen-bond acceptors (Lipinski definition) is 6. The molecule has 0 spiro atoms. The Bertz CT molecular complexity index is 606. The molecule has 2 aliphatic rings. The van der Waals surface area contributed by atoms with Crippen LogP contribution in [-0.4, -0.2) is 40.2 Å². The van der Waals surface area contributed by atoms with Crippen LogP contribution in [0.5, 0.6) is 0 Å². The second kappa shape index (κ2) is 4.43. The van der Waals surface area contributed by atoms with Crippen molar-refractivity contribution in [3.05, 3.63) is 0 Å². The first-order valence-electron chi connectivity index (χ1n) is 6.08. The smallest absolute Gasteiger partial charge is 0.264 e. The standard InChI is InChI=1S/C11H17NO5S2/c1-18(13,14)17-8-11(4-5-11)19(15,16)9-10(2-3-10)6-7-12/h2-6,8-9H2,1H3. The third-order valence-corrected chi connectivity index (χ3v) is 7.29. The molecule has 0 unspecified atom stereocenters. The van der Waals surface area contributed by atoms with Gasteiger partial charge in [0, 0.05) is 6.42 Å². The third kappa shape index (κ3) is 3.27. The maximum atomic E-state index is 12.4. The van der Waals surface area contributed by atoms with Crippen LogP contribution in [0.2, 0.25) is 0 Å². The first-order chi connectivity index (χ1) is 8.64. The molecule has 0 heterocycles. The van der Waals surface area contributed by atoms with Gasteiger partial charge in [0.25, 0.3) is 10.1 Å². The zero-order valence-corrected chi connectivity index (χ0v) is 12.4. The van der Waals surface area contributed by atoms with Crippen LogP contribution in [0.3, 0.4) is 0 Å². The number of sulfone groups is 1. The number of hydrogen-bond donors (Lipinski definition) is 0. The predicted octanol–water partition coefficient (Wildman–Crippen LogP) is 0.604. The molecule has 0 aliphatic heterocycles. The van der Waals surface area contributed by atoms with Crippen molar-refractivity contribution < 1.29 is 21.0 Å². The lowest BCUT2D eigenvalue weighted by Crippen LogP contribution is -2.34. The molecule has 19 heavy (non-hydrogen) atoms. The highest BCUT2D eigenvalue weighted by Crippen LogP contribution is 2.54. The van der Waals surface area contributed by atoms with E-state index in [9.17, 15) is 16.8 Å². The van der Waals surface area contributed by atoms with Gasteiger partial charge in [-0.25, -0.2) is 8.42 Å². The van der Waals surface area contributed by atoms with Gasteiger partial charge in [0.1, 0.15) is 0 Å². The van der Waals surface area contributed by atoms with Crippen LogP contribution in [0.1, 0.15) is 32.1 Å². The molecule has 0 atom stereocenters. The van der Waals surface area contributed by atoms with Crippen LogP contribution in [0.15, 0.2) is 0 Å². The quantitative estimate of drug-likeness (QED) is 0.638. The highest BCUT2D eigenvalue weighted by molar-refractivity contribution is 7.93. The Labute approximate surface area is 113 Å². The van der Waals surface area contributed by atoms with Gasteiger partial charge in [-0.1, -0.05) is 0 Å². The fourth-order valence-corrected chi connectivity index (χ4v) is 5.15. The molecule has 2 rings (SSSR count). The molecule has 2 aliphatic carbocycles. The van der Waals surface area contributed by atoms with Crippen LogP contribution in [0.25, 0.3) is 0 Å². The zero-order chi connectivity index (χ0) is 14.4. The molecule has 0 saturated heterocycles. The summed E-state index contributed by atoms with van der Waals surface area (Å²) in [5.74, 6) is -0.0271. The molecular formula is C11H17NO5S2. The van der Waals surface area contributed by atoms with E-state index in [1.807, 2.05) is 6.07 Å². The zero-order valence-electron chi connectivity index (χ0n) is 10.8. The normalized spacial score (nSPS) is 23.6. The summed E-state index contributed by atoms with van der Waals surface area (Å²) in [5.41, 5.74) is -0.395. The van der Waals surface area contributed by atoms with Gasteiger partial charge in [0.2, 0.25) is 0 Å². The molecule has 0 aromatic heterocycles. The monoisotopic (exact) mass is 307 g/mol. The van der Waals surface area contributed by atoms with Crippen LogP contribution in [0.4, 0.5) is 0 Å². The van der Waals surface area contributed by atoms with E-state index >= 15 is 0 Å². The van der Waals surface area contributed by atoms with Crippen molar-refractivity contribution >= 4 is 20.0 Å². The molecule has 8 heteroatoms. The second-order valence-corrected chi connectivity index (χ2v) is 9.77. The molecule has 2 fully saturated rings. The van der Waals surface area contributed by atoms with E-state index in [1.165, 1.54) is 0 Å². The Morgan fingerprint density at radius 2 is 1.74 bits per heavy atom. The maximum Gasteiger partial charge on any atom is 0.264 e. The summed E-state index contributed by atoms with van der Waals surface area (Å²) >= 11 is 0. The second-order valence-electron chi connectivity index (χ2n) is 5.74. The van der Waals surface area contributed by atoms with Gasteiger partial charge >= 0.3 is 0 Å². The minimum atomic E-state index is -3.63. The Hall–Kier alpha value is -0.650. The van der Waals surface area contributed by atoms with Gasteiger partial charge in [0.15, 0.2) is 9.84 Å². The average Bonchev–Trinajstić information content (AvgIpc) is 3.10. The SMILES string of the molecule is CS(=O)(=O)OCC1(S(=O)(=O)CC2(CC#N)CC2)CC1. The Kier molecular flexibility index (Phi) is 3.44. The lowest BCUT2D eigenvalue weighted by molar-refractivity contribution is 0.310. The summed E-state index contributed by atoms with van der Waals surface area (Å²) < 4.78 is 50.3. The van der Waals surface area contributed by atoms with Crippen molar-refractivity contribution in [3.63, 3.8) is 0 Å². The number of nitriles is 1. The van der Waals surface area contributed by atoms with Crippen molar-refractivity contribution in [1.29, 1.82) is 5.26 Å². The Morgan fingerprint density at radius 3 is 2.11 bits per heavy atom. The van der Waals surface area contributed by atoms with E-state index in [4.69, 9.17) is 5.26 Å². The van der Waals surface area contributed by atoms with Gasteiger partial charge in [-0.2, -0.15) is 13.7 Å². The van der Waals surface area contributed by atoms with Gasteiger partial charge in [-0.05, 0) is 31.1 Å². The van der Waals surface area contributed by atoms with Crippen molar-refractivity contribution in [2.75, 3.05) is 18.6 Å². The first kappa shape index (κ1) is 14.8. The van der Waals surface area contributed by atoms with E-state index in [2.05, 4.69) is 4.18 Å². The van der Waals surface area contributed by atoms with Crippen LogP contribution in [0, 0.1) is 16.7 Å². The lowest BCUT2D eigenvalue weighted by atomic mass is 10.1. The number of rotatable bonds is 7. The fourth-order valence-electron chi connectivity index (χ4n) is 2.17. The molecule has 108 valence electrons. The highest BCUT2D eigenvalue weighted by Gasteiger charge is 2.59. The molecule has 0 aromatic carbocycles. The average molecular weight is 307 g/mol. The minimum Gasteiger partial charge on any atom is -0.269 e. The van der Waals surface area contributed by atoms with Crippen LogP contribution < -0.4 is 0 Å². The van der Waals surface area contributed by atoms with Gasteiger partial charge in [-0.15, -0.1) is 0 Å². The largest absolute Gasteiger partial charge is 0.269 e. The van der Waals surface area contributed by atoms with Crippen molar-refractivity contribution in [1.82, 2.24) is 0 Å². The van der Waals surface area contributed by atoms with Crippen molar-refractivity contribution in [2.45, 2.75) is 36.9 Å². The van der Waals surface area contributed by atoms with Crippen LogP contribution >= 0.6 is 0 Å². The Balaban J connectivity index is 2.06. The summed E-state index contributed by atoms with van der Waals surface area (Å²) in [6.45, 7) is -0.295. The molecule has 6 nitrogen and oxygen atoms in total. The molecule has 0 amide bonds. The van der Waals surface area contributed by atoms with E-state index in [0.717, 1.165) is 19.1 Å². The third-order valence-electron chi connectivity index (χ3n) is 3.91. The number of nitrogens with zero attached hydrogens (tertiary/aromatic N) is 1. The molecule has 0 radical (unpaired) electrons. The molecule has 0 aromatic rings. The van der Waals surface area contributed by atoms with E-state index in [-0.39, 0.29) is 18.8 Å². The molecule has 2 saturated carbocycles. The summed E-state index contributed by atoms with van der Waals surface area (Å²) in [6, 6.07) is 2.03. The fraction of sp³-hybridized carbons (Fsp3) is 0.909.